The fourth-order valence-corrected chi connectivity index (χ4v) is 3.11. The van der Waals surface area contributed by atoms with Crippen LogP contribution in [-0.2, 0) is 9.59 Å². The third-order valence-electron chi connectivity index (χ3n) is 4.63. The predicted octanol–water partition coefficient (Wildman–Crippen LogP) is 2.23. The van der Waals surface area contributed by atoms with E-state index in [1.54, 1.807) is 17.0 Å². The largest absolute Gasteiger partial charge is 0.454 e. The number of benzene rings is 2. The van der Waals surface area contributed by atoms with E-state index < -0.39 is 5.92 Å². The van der Waals surface area contributed by atoms with Gasteiger partial charge in [0.25, 0.3) is 0 Å². The predicted molar refractivity (Wildman–Crippen MR) is 99.9 cm³/mol. The van der Waals surface area contributed by atoms with E-state index >= 15 is 0 Å². The van der Waals surface area contributed by atoms with Crippen LogP contribution in [0, 0.1) is 12.8 Å². The second kappa shape index (κ2) is 7.11. The fraction of sp³-hybridized carbons (Fsp3) is 0.250. The summed E-state index contributed by atoms with van der Waals surface area (Å²) in [5.41, 5.74) is 5.24. The number of hydrazone groups is 1. The van der Waals surface area contributed by atoms with Gasteiger partial charge in [-0.25, -0.2) is 5.43 Å². The monoisotopic (exact) mass is 365 g/mol. The highest BCUT2D eigenvalue weighted by atomic mass is 16.7. The molecular formula is C20H19N3O4. The first-order chi connectivity index (χ1) is 13.1. The highest BCUT2D eigenvalue weighted by Crippen LogP contribution is 2.32. The van der Waals surface area contributed by atoms with Crippen molar-refractivity contribution >= 4 is 23.7 Å². The van der Waals surface area contributed by atoms with Gasteiger partial charge in [0.1, 0.15) is 0 Å². The summed E-state index contributed by atoms with van der Waals surface area (Å²) in [7, 11) is 0. The van der Waals surface area contributed by atoms with E-state index in [1.807, 2.05) is 37.3 Å². The first-order valence-corrected chi connectivity index (χ1v) is 8.70. The molecule has 1 N–H and O–H groups in total. The van der Waals surface area contributed by atoms with Crippen LogP contribution in [0.15, 0.2) is 47.6 Å². The first-order valence-electron chi connectivity index (χ1n) is 8.70. The minimum Gasteiger partial charge on any atom is -0.454 e. The molecule has 1 saturated heterocycles. The highest BCUT2D eigenvalue weighted by Gasteiger charge is 2.35. The standard InChI is InChI=1S/C20H19N3O4/c1-13-2-5-16(6-3-13)23-11-15(9-19(23)24)20(25)22-21-10-14-4-7-17-18(8-14)27-12-26-17/h2-8,10,15H,9,11-12H2,1H3,(H,22,25). The number of carbonyl (C=O) groups is 2. The molecule has 138 valence electrons. The minimum absolute atomic E-state index is 0.0567. The molecule has 2 aliphatic rings. The number of carbonyl (C=O) groups excluding carboxylic acids is 2. The molecule has 0 aliphatic carbocycles. The van der Waals surface area contributed by atoms with E-state index in [9.17, 15) is 9.59 Å². The van der Waals surface area contributed by atoms with E-state index in [1.165, 1.54) is 6.21 Å². The number of aryl methyl sites for hydroxylation is 1. The van der Waals surface area contributed by atoms with Crippen LogP contribution in [-0.4, -0.2) is 31.4 Å². The molecule has 1 atom stereocenters. The zero-order valence-electron chi connectivity index (χ0n) is 14.8. The van der Waals surface area contributed by atoms with Crippen molar-refractivity contribution in [2.75, 3.05) is 18.2 Å². The SMILES string of the molecule is Cc1ccc(N2CC(C(=O)NN=Cc3ccc4c(c3)OCO4)CC2=O)cc1. The number of amides is 2. The first kappa shape index (κ1) is 17.1. The summed E-state index contributed by atoms with van der Waals surface area (Å²) in [6.07, 6.45) is 1.72. The van der Waals surface area contributed by atoms with Gasteiger partial charge in [-0.3, -0.25) is 9.59 Å². The van der Waals surface area contributed by atoms with Crippen molar-refractivity contribution in [3.05, 3.63) is 53.6 Å². The Morgan fingerprint density at radius 1 is 1.19 bits per heavy atom. The summed E-state index contributed by atoms with van der Waals surface area (Å²) >= 11 is 0. The van der Waals surface area contributed by atoms with Crippen molar-refractivity contribution in [1.82, 2.24) is 5.43 Å². The number of nitrogens with zero attached hydrogens (tertiary/aromatic N) is 2. The van der Waals surface area contributed by atoms with Crippen LogP contribution in [0.5, 0.6) is 11.5 Å². The van der Waals surface area contributed by atoms with Crippen molar-refractivity contribution < 1.29 is 19.1 Å². The van der Waals surface area contributed by atoms with E-state index in [0.717, 1.165) is 16.8 Å². The molecule has 7 nitrogen and oxygen atoms in total. The van der Waals surface area contributed by atoms with Crippen LogP contribution < -0.4 is 19.8 Å². The number of fused-ring (bicyclic) bond motifs is 1. The van der Waals surface area contributed by atoms with Crippen LogP contribution in [0.1, 0.15) is 17.5 Å². The Morgan fingerprint density at radius 3 is 2.78 bits per heavy atom. The zero-order valence-corrected chi connectivity index (χ0v) is 14.8. The van der Waals surface area contributed by atoms with Crippen LogP contribution >= 0.6 is 0 Å². The summed E-state index contributed by atoms with van der Waals surface area (Å²) in [5, 5.41) is 4.00. The molecule has 27 heavy (non-hydrogen) atoms. The molecule has 0 spiro atoms. The minimum atomic E-state index is -0.423. The summed E-state index contributed by atoms with van der Waals surface area (Å²) < 4.78 is 10.6. The summed E-state index contributed by atoms with van der Waals surface area (Å²) in [4.78, 5) is 26.3. The third kappa shape index (κ3) is 3.62. The Bertz CT molecular complexity index is 908. The lowest BCUT2D eigenvalue weighted by molar-refractivity contribution is -0.126. The molecule has 0 aromatic heterocycles. The molecule has 0 saturated carbocycles. The fourth-order valence-electron chi connectivity index (χ4n) is 3.11. The molecule has 4 rings (SSSR count). The number of nitrogens with one attached hydrogen (secondary N) is 1. The van der Waals surface area contributed by atoms with E-state index in [-0.39, 0.29) is 25.0 Å². The smallest absolute Gasteiger partial charge is 0.245 e. The zero-order chi connectivity index (χ0) is 18.8. The lowest BCUT2D eigenvalue weighted by Gasteiger charge is -2.16. The Morgan fingerprint density at radius 2 is 1.96 bits per heavy atom. The van der Waals surface area contributed by atoms with Crippen LogP contribution in [0.25, 0.3) is 0 Å². The molecule has 0 radical (unpaired) electrons. The maximum atomic E-state index is 12.4. The topological polar surface area (TPSA) is 80.2 Å². The number of rotatable bonds is 4. The Labute approximate surface area is 156 Å². The molecule has 2 aromatic rings. The maximum Gasteiger partial charge on any atom is 0.245 e. The van der Waals surface area contributed by atoms with Crippen LogP contribution in [0.3, 0.4) is 0 Å². The van der Waals surface area contributed by atoms with E-state index in [2.05, 4.69) is 10.5 Å². The normalized spacial score (nSPS) is 18.3. The van der Waals surface area contributed by atoms with Gasteiger partial charge in [-0.05, 0) is 42.8 Å². The summed E-state index contributed by atoms with van der Waals surface area (Å²) in [6.45, 7) is 2.55. The maximum absolute atomic E-state index is 12.4. The van der Waals surface area contributed by atoms with Gasteiger partial charge < -0.3 is 14.4 Å². The number of hydrogen-bond donors (Lipinski definition) is 1. The van der Waals surface area contributed by atoms with Gasteiger partial charge in [-0.1, -0.05) is 17.7 Å². The number of ether oxygens (including phenoxy) is 2. The Hall–Kier alpha value is -3.35. The van der Waals surface area contributed by atoms with Crippen molar-refractivity contribution in [3.8, 4) is 11.5 Å². The van der Waals surface area contributed by atoms with Crippen LogP contribution in [0.2, 0.25) is 0 Å². The molecule has 7 heteroatoms. The van der Waals surface area contributed by atoms with Gasteiger partial charge in [0.05, 0.1) is 12.1 Å². The van der Waals surface area contributed by atoms with Gasteiger partial charge in [-0.2, -0.15) is 5.10 Å². The molecular weight excluding hydrogens is 346 g/mol. The van der Waals surface area contributed by atoms with Gasteiger partial charge in [-0.15, -0.1) is 0 Å². The van der Waals surface area contributed by atoms with E-state index in [0.29, 0.717) is 18.0 Å². The molecule has 1 fully saturated rings. The van der Waals surface area contributed by atoms with Gasteiger partial charge in [0.2, 0.25) is 18.6 Å². The average molecular weight is 365 g/mol. The molecule has 2 heterocycles. The molecule has 2 aromatic carbocycles. The molecule has 2 amide bonds. The van der Waals surface area contributed by atoms with Gasteiger partial charge >= 0.3 is 0 Å². The van der Waals surface area contributed by atoms with Gasteiger partial charge in [0.15, 0.2) is 11.5 Å². The van der Waals surface area contributed by atoms with Crippen molar-refractivity contribution in [2.45, 2.75) is 13.3 Å². The average Bonchev–Trinajstić information content (AvgIpc) is 3.28. The van der Waals surface area contributed by atoms with E-state index in [4.69, 9.17) is 9.47 Å². The molecule has 2 aliphatic heterocycles. The quantitative estimate of drug-likeness (QED) is 0.666. The number of hydrogen-bond acceptors (Lipinski definition) is 5. The molecule has 0 bridgehead atoms. The van der Waals surface area contributed by atoms with Crippen molar-refractivity contribution in [3.63, 3.8) is 0 Å². The highest BCUT2D eigenvalue weighted by molar-refractivity contribution is 6.00. The lowest BCUT2D eigenvalue weighted by atomic mass is 10.1. The third-order valence-corrected chi connectivity index (χ3v) is 4.63. The van der Waals surface area contributed by atoms with Crippen LogP contribution in [0.4, 0.5) is 5.69 Å². The number of anilines is 1. The van der Waals surface area contributed by atoms with Crippen molar-refractivity contribution in [1.29, 1.82) is 0 Å². The Kier molecular flexibility index (Phi) is 4.50. The van der Waals surface area contributed by atoms with Gasteiger partial charge in [0, 0.05) is 18.7 Å². The lowest BCUT2D eigenvalue weighted by Crippen LogP contribution is -2.30. The second-order valence-corrected chi connectivity index (χ2v) is 6.59. The summed E-state index contributed by atoms with van der Waals surface area (Å²) in [5.74, 6) is 0.596. The second-order valence-electron chi connectivity index (χ2n) is 6.59. The summed E-state index contributed by atoms with van der Waals surface area (Å²) in [6, 6.07) is 13.1. The Balaban J connectivity index is 1.36. The molecule has 1 unspecified atom stereocenters. The van der Waals surface area contributed by atoms with Crippen molar-refractivity contribution in [2.24, 2.45) is 11.0 Å².